The van der Waals surface area contributed by atoms with Gasteiger partial charge in [-0.15, -0.1) is 0 Å². The first-order valence-electron chi connectivity index (χ1n) is 6.56. The van der Waals surface area contributed by atoms with Crippen molar-refractivity contribution in [1.82, 2.24) is 14.8 Å². The number of hydrogen-bond donors (Lipinski definition) is 2. The van der Waals surface area contributed by atoms with Gasteiger partial charge in [-0.2, -0.15) is 5.10 Å². The highest BCUT2D eigenvalue weighted by molar-refractivity contribution is 6.30. The minimum atomic E-state index is 0.407. The maximum Gasteiger partial charge on any atom is 0.152 e. The molecule has 6 nitrogen and oxygen atoms in total. The molecule has 3 rings (SSSR count). The zero-order valence-corrected chi connectivity index (χ0v) is 12.4. The number of hydrogen-bond acceptors (Lipinski definition) is 5. The minimum absolute atomic E-state index is 0.407. The quantitative estimate of drug-likeness (QED) is 0.722. The second-order valence-electron chi connectivity index (χ2n) is 4.71. The third kappa shape index (κ3) is 2.96. The second-order valence-corrected chi connectivity index (χ2v) is 5.14. The summed E-state index contributed by atoms with van der Waals surface area (Å²) in [5.41, 5.74) is 13.5. The van der Waals surface area contributed by atoms with Crippen molar-refractivity contribution in [1.29, 1.82) is 0 Å². The zero-order valence-electron chi connectivity index (χ0n) is 11.6. The Morgan fingerprint density at radius 1 is 1.14 bits per heavy atom. The van der Waals surface area contributed by atoms with Crippen LogP contribution < -0.4 is 16.2 Å². The molecule has 0 atom stereocenters. The number of ether oxygens (including phenoxy) is 1. The smallest absolute Gasteiger partial charge is 0.152 e. The average molecular weight is 316 g/mol. The van der Waals surface area contributed by atoms with Crippen molar-refractivity contribution in [2.24, 2.45) is 0 Å². The number of anilines is 2. The normalized spacial score (nSPS) is 10.6. The average Bonchev–Trinajstić information content (AvgIpc) is 2.99. The molecule has 0 bridgehead atoms. The number of halogens is 1. The molecule has 112 valence electrons. The molecule has 0 aliphatic heterocycles. The molecule has 3 aromatic rings. The summed E-state index contributed by atoms with van der Waals surface area (Å²) < 4.78 is 7.58. The van der Waals surface area contributed by atoms with E-state index in [4.69, 9.17) is 27.8 Å². The second kappa shape index (κ2) is 5.95. The molecular weight excluding hydrogens is 302 g/mol. The van der Waals surface area contributed by atoms with Gasteiger partial charge in [-0.05, 0) is 30.3 Å². The SMILES string of the molecule is Nc1cccc(Oc2ccc(Cl)cc2Cn2cncn2)c1N. The van der Waals surface area contributed by atoms with Crippen LogP contribution in [0.3, 0.4) is 0 Å². The van der Waals surface area contributed by atoms with Crippen LogP contribution in [-0.4, -0.2) is 14.8 Å². The molecule has 22 heavy (non-hydrogen) atoms. The summed E-state index contributed by atoms with van der Waals surface area (Å²) in [6, 6.07) is 10.6. The Balaban J connectivity index is 1.94. The van der Waals surface area contributed by atoms with E-state index in [1.165, 1.54) is 6.33 Å². The van der Waals surface area contributed by atoms with E-state index in [2.05, 4.69) is 10.1 Å². The Kier molecular flexibility index (Phi) is 3.84. The van der Waals surface area contributed by atoms with Gasteiger partial charge in [0.15, 0.2) is 5.75 Å². The highest BCUT2D eigenvalue weighted by Gasteiger charge is 2.10. The molecule has 1 aromatic heterocycles. The maximum absolute atomic E-state index is 6.07. The molecule has 4 N–H and O–H groups in total. The summed E-state index contributed by atoms with van der Waals surface area (Å²) in [5, 5.41) is 4.70. The van der Waals surface area contributed by atoms with Crippen molar-refractivity contribution in [2.45, 2.75) is 6.54 Å². The lowest BCUT2D eigenvalue weighted by molar-refractivity contribution is 0.474. The van der Waals surface area contributed by atoms with Gasteiger partial charge in [0, 0.05) is 10.6 Å². The summed E-state index contributed by atoms with van der Waals surface area (Å²) in [6.07, 6.45) is 3.10. The fourth-order valence-electron chi connectivity index (χ4n) is 2.03. The molecule has 0 aliphatic rings. The van der Waals surface area contributed by atoms with Crippen LogP contribution in [0.2, 0.25) is 5.02 Å². The summed E-state index contributed by atoms with van der Waals surface area (Å²) in [5.74, 6) is 1.14. The lowest BCUT2D eigenvalue weighted by Crippen LogP contribution is -2.03. The van der Waals surface area contributed by atoms with Crippen LogP contribution in [0.1, 0.15) is 5.56 Å². The molecule has 0 aliphatic carbocycles. The molecule has 1 heterocycles. The van der Waals surface area contributed by atoms with E-state index in [1.807, 2.05) is 6.07 Å². The standard InChI is InChI=1S/C15H14ClN5O/c16-11-4-5-13(10(6-11)7-21-9-19-8-20-21)22-14-3-1-2-12(17)15(14)18/h1-6,8-9H,7,17-18H2. The first-order chi connectivity index (χ1) is 10.6. The predicted molar refractivity (Wildman–Crippen MR) is 85.9 cm³/mol. The highest BCUT2D eigenvalue weighted by atomic mass is 35.5. The number of benzene rings is 2. The summed E-state index contributed by atoms with van der Waals surface area (Å²) in [4.78, 5) is 3.92. The number of para-hydroxylation sites is 1. The first-order valence-corrected chi connectivity index (χ1v) is 6.94. The van der Waals surface area contributed by atoms with E-state index in [0.717, 1.165) is 5.56 Å². The van der Waals surface area contributed by atoms with Gasteiger partial charge in [0.1, 0.15) is 18.4 Å². The van der Waals surface area contributed by atoms with Crippen molar-refractivity contribution in [2.75, 3.05) is 11.5 Å². The van der Waals surface area contributed by atoms with Crippen LogP contribution in [0.5, 0.6) is 11.5 Å². The Morgan fingerprint density at radius 2 is 2.00 bits per heavy atom. The molecule has 0 saturated carbocycles. The number of rotatable bonds is 4. The van der Waals surface area contributed by atoms with Crippen molar-refractivity contribution < 1.29 is 4.74 Å². The van der Waals surface area contributed by atoms with Crippen LogP contribution >= 0.6 is 11.6 Å². The summed E-state index contributed by atoms with van der Waals surface area (Å²) >= 11 is 6.07. The fraction of sp³-hybridized carbons (Fsp3) is 0.0667. The van der Waals surface area contributed by atoms with Gasteiger partial charge in [-0.1, -0.05) is 17.7 Å². The fourth-order valence-corrected chi connectivity index (χ4v) is 2.22. The molecule has 0 unspecified atom stereocenters. The molecule has 0 amide bonds. The lowest BCUT2D eigenvalue weighted by Gasteiger charge is -2.14. The van der Waals surface area contributed by atoms with Crippen molar-refractivity contribution in [3.05, 3.63) is 59.6 Å². The van der Waals surface area contributed by atoms with E-state index in [9.17, 15) is 0 Å². The number of aromatic nitrogens is 3. The number of nitrogens with zero attached hydrogens (tertiary/aromatic N) is 3. The first kappa shape index (κ1) is 14.2. The van der Waals surface area contributed by atoms with E-state index < -0.39 is 0 Å². The monoisotopic (exact) mass is 315 g/mol. The molecular formula is C15H14ClN5O. The van der Waals surface area contributed by atoms with Crippen LogP contribution in [0, 0.1) is 0 Å². The van der Waals surface area contributed by atoms with Gasteiger partial charge in [0.2, 0.25) is 0 Å². The Bertz CT molecular complexity index is 789. The zero-order chi connectivity index (χ0) is 15.5. The van der Waals surface area contributed by atoms with Crippen LogP contribution in [0.15, 0.2) is 49.1 Å². The third-order valence-corrected chi connectivity index (χ3v) is 3.38. The Morgan fingerprint density at radius 3 is 2.77 bits per heavy atom. The molecule has 2 aromatic carbocycles. The van der Waals surface area contributed by atoms with E-state index in [-0.39, 0.29) is 0 Å². The number of nitrogen functional groups attached to an aromatic ring is 2. The summed E-state index contributed by atoms with van der Waals surface area (Å²) in [7, 11) is 0. The largest absolute Gasteiger partial charge is 0.455 e. The Hall–Kier alpha value is -2.73. The topological polar surface area (TPSA) is 92.0 Å². The van der Waals surface area contributed by atoms with Gasteiger partial charge in [-0.3, -0.25) is 0 Å². The van der Waals surface area contributed by atoms with E-state index >= 15 is 0 Å². The van der Waals surface area contributed by atoms with Gasteiger partial charge in [-0.25, -0.2) is 9.67 Å². The van der Waals surface area contributed by atoms with E-state index in [0.29, 0.717) is 34.4 Å². The van der Waals surface area contributed by atoms with Crippen molar-refractivity contribution in [3.8, 4) is 11.5 Å². The Labute approximate surface area is 132 Å². The minimum Gasteiger partial charge on any atom is -0.455 e. The van der Waals surface area contributed by atoms with Gasteiger partial charge in [0.05, 0.1) is 17.9 Å². The molecule has 7 heteroatoms. The molecule has 0 spiro atoms. The number of nitrogens with two attached hydrogens (primary N) is 2. The van der Waals surface area contributed by atoms with E-state index in [1.54, 1.807) is 41.3 Å². The summed E-state index contributed by atoms with van der Waals surface area (Å²) in [6.45, 7) is 0.484. The lowest BCUT2D eigenvalue weighted by atomic mass is 10.2. The van der Waals surface area contributed by atoms with Crippen molar-refractivity contribution in [3.63, 3.8) is 0 Å². The van der Waals surface area contributed by atoms with Crippen LogP contribution in [0.4, 0.5) is 11.4 Å². The van der Waals surface area contributed by atoms with Crippen LogP contribution in [0.25, 0.3) is 0 Å². The third-order valence-electron chi connectivity index (χ3n) is 3.14. The van der Waals surface area contributed by atoms with Gasteiger partial charge in [0.25, 0.3) is 0 Å². The molecule has 0 saturated heterocycles. The predicted octanol–water partition coefficient (Wildman–Crippen LogP) is 2.94. The van der Waals surface area contributed by atoms with Gasteiger partial charge >= 0.3 is 0 Å². The van der Waals surface area contributed by atoms with Crippen molar-refractivity contribution >= 4 is 23.0 Å². The molecule has 0 radical (unpaired) electrons. The van der Waals surface area contributed by atoms with Crippen LogP contribution in [-0.2, 0) is 6.54 Å². The highest BCUT2D eigenvalue weighted by Crippen LogP contribution is 2.34. The maximum atomic E-state index is 6.07. The molecule has 0 fully saturated rings. The van der Waals surface area contributed by atoms with Gasteiger partial charge < -0.3 is 16.2 Å².